The molecule has 0 aromatic rings. The molecule has 0 aromatic carbocycles. The molecule has 8 heteroatoms. The fourth-order valence-electron chi connectivity index (χ4n) is 0.487. The summed E-state index contributed by atoms with van der Waals surface area (Å²) in [5.41, 5.74) is 0. The van der Waals surface area contributed by atoms with Gasteiger partial charge in [0.2, 0.25) is 0 Å². The highest BCUT2D eigenvalue weighted by molar-refractivity contribution is 7.95. The highest BCUT2D eigenvalue weighted by atomic mass is 32.3. The zero-order chi connectivity index (χ0) is 9.83. The van der Waals surface area contributed by atoms with Crippen molar-refractivity contribution in [3.63, 3.8) is 0 Å². The summed E-state index contributed by atoms with van der Waals surface area (Å²) in [4.78, 5) is 0. The van der Waals surface area contributed by atoms with Gasteiger partial charge in [-0.3, -0.25) is 0 Å². The topological polar surface area (TPSA) is 43.4 Å². The van der Waals surface area contributed by atoms with E-state index in [1.165, 1.54) is 0 Å². The average Bonchev–Trinajstić information content (AvgIpc) is 1.84. The van der Waals surface area contributed by atoms with E-state index < -0.39 is 34.9 Å². The first-order chi connectivity index (χ1) is 5.27. The van der Waals surface area contributed by atoms with E-state index >= 15 is 0 Å². The SMILES string of the molecule is O=S(=O)(CCCC(F)(F)F)OS. The van der Waals surface area contributed by atoms with Crippen molar-refractivity contribution in [1.29, 1.82) is 0 Å². The van der Waals surface area contributed by atoms with Crippen LogP contribution in [0.4, 0.5) is 13.2 Å². The van der Waals surface area contributed by atoms with Crippen LogP contribution in [0, 0.1) is 0 Å². The van der Waals surface area contributed by atoms with Crippen molar-refractivity contribution in [2.24, 2.45) is 0 Å². The van der Waals surface area contributed by atoms with Crippen LogP contribution in [0.5, 0.6) is 0 Å². The van der Waals surface area contributed by atoms with Crippen LogP contribution in [-0.2, 0) is 13.7 Å². The molecule has 74 valence electrons. The lowest BCUT2D eigenvalue weighted by Crippen LogP contribution is -2.12. The molecule has 0 bridgehead atoms. The zero-order valence-electron chi connectivity index (χ0n) is 5.84. The van der Waals surface area contributed by atoms with Gasteiger partial charge in [0.05, 0.1) is 5.75 Å². The fraction of sp³-hybridized carbons (Fsp3) is 1.00. The molecule has 0 aliphatic carbocycles. The molecule has 0 spiro atoms. The van der Waals surface area contributed by atoms with Crippen LogP contribution in [0.1, 0.15) is 12.8 Å². The third kappa shape index (κ3) is 6.74. The summed E-state index contributed by atoms with van der Waals surface area (Å²) in [7, 11) is -3.88. The number of rotatable bonds is 4. The Bertz CT molecular complexity index is 220. The van der Waals surface area contributed by atoms with E-state index in [1.54, 1.807) is 0 Å². The number of thiol groups is 1. The molecule has 0 aliphatic heterocycles. The van der Waals surface area contributed by atoms with Crippen molar-refractivity contribution in [1.82, 2.24) is 0 Å². The Balaban J connectivity index is 3.73. The second-order valence-electron chi connectivity index (χ2n) is 2.06. The van der Waals surface area contributed by atoms with Gasteiger partial charge >= 0.3 is 6.18 Å². The van der Waals surface area contributed by atoms with E-state index in [-0.39, 0.29) is 0 Å². The first kappa shape index (κ1) is 12.0. The molecular weight excluding hydrogens is 217 g/mol. The highest BCUT2D eigenvalue weighted by Gasteiger charge is 2.27. The van der Waals surface area contributed by atoms with E-state index in [1.807, 2.05) is 0 Å². The highest BCUT2D eigenvalue weighted by Crippen LogP contribution is 2.21. The van der Waals surface area contributed by atoms with Gasteiger partial charge in [-0.05, 0) is 19.3 Å². The Hall–Kier alpha value is 0.0500. The van der Waals surface area contributed by atoms with Gasteiger partial charge in [-0.1, -0.05) is 0 Å². The Morgan fingerprint density at radius 2 is 1.83 bits per heavy atom. The molecule has 12 heavy (non-hydrogen) atoms. The molecule has 0 rings (SSSR count). The van der Waals surface area contributed by atoms with Gasteiger partial charge in [-0.15, -0.1) is 0 Å². The van der Waals surface area contributed by atoms with Crippen molar-refractivity contribution in [2.45, 2.75) is 19.0 Å². The van der Waals surface area contributed by atoms with Crippen LogP contribution in [0.15, 0.2) is 0 Å². The fourth-order valence-corrected chi connectivity index (χ4v) is 1.28. The van der Waals surface area contributed by atoms with E-state index in [4.69, 9.17) is 0 Å². The van der Waals surface area contributed by atoms with Gasteiger partial charge < -0.3 is 0 Å². The lowest BCUT2D eigenvalue weighted by molar-refractivity contribution is -0.134. The Morgan fingerprint density at radius 1 is 1.33 bits per heavy atom. The smallest absolute Gasteiger partial charge is 0.201 e. The summed E-state index contributed by atoms with van der Waals surface area (Å²) >= 11 is 2.98. The minimum Gasteiger partial charge on any atom is -0.201 e. The predicted molar refractivity (Wildman–Crippen MR) is 39.1 cm³/mol. The van der Waals surface area contributed by atoms with Crippen LogP contribution in [0.25, 0.3) is 0 Å². The van der Waals surface area contributed by atoms with Crippen molar-refractivity contribution >= 4 is 23.0 Å². The predicted octanol–water partition coefficient (Wildman–Crippen LogP) is 1.52. The third-order valence-corrected chi connectivity index (χ3v) is 2.67. The molecule has 0 radical (unpaired) electrons. The molecule has 0 heterocycles. The number of halogens is 3. The minimum absolute atomic E-state index is 0.508. The van der Waals surface area contributed by atoms with Gasteiger partial charge in [0.15, 0.2) is 0 Å². The van der Waals surface area contributed by atoms with E-state index in [9.17, 15) is 21.6 Å². The van der Waals surface area contributed by atoms with Gasteiger partial charge in [0.25, 0.3) is 10.1 Å². The van der Waals surface area contributed by atoms with Crippen LogP contribution in [-0.4, -0.2) is 20.3 Å². The molecular formula is C4H7F3O3S2. The Labute approximate surface area is 73.6 Å². The summed E-state index contributed by atoms with van der Waals surface area (Å²) in [6.45, 7) is 0. The largest absolute Gasteiger partial charge is 0.389 e. The van der Waals surface area contributed by atoms with Gasteiger partial charge in [0, 0.05) is 6.42 Å². The Morgan fingerprint density at radius 3 is 2.17 bits per heavy atom. The quantitative estimate of drug-likeness (QED) is 0.581. The van der Waals surface area contributed by atoms with Crippen molar-refractivity contribution in [3.05, 3.63) is 0 Å². The monoisotopic (exact) mass is 224 g/mol. The van der Waals surface area contributed by atoms with E-state index in [2.05, 4.69) is 16.5 Å². The van der Waals surface area contributed by atoms with Crippen LogP contribution < -0.4 is 0 Å². The average molecular weight is 224 g/mol. The maximum absolute atomic E-state index is 11.5. The second kappa shape index (κ2) is 4.33. The van der Waals surface area contributed by atoms with Crippen LogP contribution in [0.3, 0.4) is 0 Å². The Kier molecular flexibility index (Phi) is 4.35. The first-order valence-electron chi connectivity index (χ1n) is 2.89. The second-order valence-corrected chi connectivity index (χ2v) is 4.17. The molecule has 0 atom stereocenters. The van der Waals surface area contributed by atoms with Crippen LogP contribution in [0.2, 0.25) is 0 Å². The lowest BCUT2D eigenvalue weighted by Gasteiger charge is -2.04. The first-order valence-corrected chi connectivity index (χ1v) is 4.83. The van der Waals surface area contributed by atoms with Crippen molar-refractivity contribution in [2.75, 3.05) is 5.75 Å². The maximum Gasteiger partial charge on any atom is 0.389 e. The third-order valence-electron chi connectivity index (χ3n) is 0.968. The molecule has 0 saturated carbocycles. The normalized spacial score (nSPS) is 13.3. The number of hydrogen-bond donors (Lipinski definition) is 1. The molecule has 0 unspecified atom stereocenters. The summed E-state index contributed by atoms with van der Waals surface area (Å²) in [5.74, 6) is -0.671. The summed E-state index contributed by atoms with van der Waals surface area (Å²) in [5, 5.41) is 0. The molecule has 0 aromatic heterocycles. The molecule has 0 aliphatic rings. The molecule has 0 N–H and O–H groups in total. The van der Waals surface area contributed by atoms with E-state index in [0.717, 1.165) is 0 Å². The lowest BCUT2D eigenvalue weighted by atomic mass is 10.3. The maximum atomic E-state index is 11.5. The molecule has 3 nitrogen and oxygen atoms in total. The minimum atomic E-state index is -4.33. The zero-order valence-corrected chi connectivity index (χ0v) is 7.55. The number of hydrogen-bond acceptors (Lipinski definition) is 4. The van der Waals surface area contributed by atoms with Gasteiger partial charge in [-0.25, -0.2) is 3.63 Å². The van der Waals surface area contributed by atoms with Crippen molar-refractivity contribution < 1.29 is 25.2 Å². The van der Waals surface area contributed by atoms with Gasteiger partial charge in [0.1, 0.15) is 0 Å². The molecule has 0 fully saturated rings. The standard InChI is InChI=1S/C4H7F3O3S2/c5-4(6,7)2-1-3-12(8,9)10-11/h11H,1-3H2. The number of alkyl halides is 3. The summed E-state index contributed by atoms with van der Waals surface area (Å²) < 4.78 is 58.9. The molecule has 0 saturated heterocycles. The molecule has 0 amide bonds. The summed E-state index contributed by atoms with van der Waals surface area (Å²) in [6, 6.07) is 0. The van der Waals surface area contributed by atoms with Crippen LogP contribution >= 0.6 is 12.9 Å². The summed E-state index contributed by atoms with van der Waals surface area (Å²) in [6.07, 6.45) is -5.97. The van der Waals surface area contributed by atoms with Gasteiger partial charge in [-0.2, -0.15) is 21.6 Å². The van der Waals surface area contributed by atoms with E-state index in [0.29, 0.717) is 0 Å². The van der Waals surface area contributed by atoms with Crippen molar-refractivity contribution in [3.8, 4) is 0 Å².